The summed E-state index contributed by atoms with van der Waals surface area (Å²) in [5.41, 5.74) is 3.61. The Morgan fingerprint density at radius 1 is 0.598 bits per heavy atom. The molecule has 0 spiro atoms. The van der Waals surface area contributed by atoms with Crippen LogP contribution in [0.2, 0.25) is 0 Å². The molecule has 22 nitrogen and oxygen atoms in total. The number of carbonyl (C=O) groups is 5. The van der Waals surface area contributed by atoms with Gasteiger partial charge in [0.15, 0.2) is 28.7 Å². The van der Waals surface area contributed by atoms with E-state index in [9.17, 15) is 40.8 Å². The standard InChI is InChI=1S/C34H39N5O7S.C29H31N5O5S/c1-23-11-13-26(14-12-23)47(43,44)39-18-16-28-31(39)35-19-30(36-28)38(33(42)46-34(3,4)5)21-29(40)27-20-37(17-15-24(27)2)32(41)45-22-25-9-7-6-8-10-25;1-20-8-10-23(11-9-20)40(37,38)34-15-13-25-28(34)31-17-27(32-25)30-16-26(35)24-18-33(14-12-21(24)2)29(36)39-19-22-6-4-3-5-7-22/h6-14,16,18-19,24,27H,15,17,20-22H2,1-5H3;3-11,13,15,17,21,24H,12,14,16,18-19H2,1-2H3,(H,30,32). The van der Waals surface area contributed by atoms with Gasteiger partial charge in [-0.05, 0) is 107 Å². The summed E-state index contributed by atoms with van der Waals surface area (Å²) in [4.78, 5) is 88.1. The van der Waals surface area contributed by atoms with E-state index in [1.807, 2.05) is 88.4 Å². The molecule has 0 saturated carbocycles. The first kappa shape index (κ1) is 62.5. The van der Waals surface area contributed by atoms with Gasteiger partial charge in [-0.15, -0.1) is 0 Å². The van der Waals surface area contributed by atoms with Crippen molar-refractivity contribution in [2.24, 2.45) is 23.7 Å². The number of amides is 3. The van der Waals surface area contributed by atoms with Gasteiger partial charge in [0.05, 0.1) is 35.3 Å². The number of carbonyl (C=O) groups excluding carboxylic acids is 5. The van der Waals surface area contributed by atoms with Gasteiger partial charge in [0.2, 0.25) is 0 Å². The fraction of sp³-hybridized carbons (Fsp3) is 0.349. The van der Waals surface area contributed by atoms with Gasteiger partial charge in [0, 0.05) is 50.4 Å². The number of nitrogens with one attached hydrogen (secondary N) is 1. The Bertz CT molecular complexity index is 4010. The van der Waals surface area contributed by atoms with Gasteiger partial charge in [-0.25, -0.2) is 59.1 Å². The Kier molecular flexibility index (Phi) is 19.2. The number of benzene rings is 4. The summed E-state index contributed by atoms with van der Waals surface area (Å²) in [7, 11) is -7.81. The Hall–Kier alpha value is -9.03. The van der Waals surface area contributed by atoms with Gasteiger partial charge in [-0.1, -0.05) is 110 Å². The number of likely N-dealkylation sites (tertiary alicyclic amines) is 2. The van der Waals surface area contributed by atoms with Crippen LogP contribution in [0, 0.1) is 37.5 Å². The average molecular weight is 1220 g/mol. The molecule has 10 rings (SSSR count). The van der Waals surface area contributed by atoms with Crippen LogP contribution in [0.4, 0.5) is 26.0 Å². The largest absolute Gasteiger partial charge is 0.445 e. The van der Waals surface area contributed by atoms with Crippen molar-refractivity contribution in [3.8, 4) is 0 Å². The second kappa shape index (κ2) is 26.7. The maximum absolute atomic E-state index is 13.8. The molecule has 0 radical (unpaired) electrons. The maximum atomic E-state index is 13.8. The molecule has 4 unspecified atom stereocenters. The highest BCUT2D eigenvalue weighted by Crippen LogP contribution is 2.30. The summed E-state index contributed by atoms with van der Waals surface area (Å²) in [5, 5.41) is 3.01. The van der Waals surface area contributed by atoms with Crippen LogP contribution in [0.15, 0.2) is 156 Å². The van der Waals surface area contributed by atoms with E-state index < -0.39 is 49.8 Å². The number of rotatable bonds is 16. The van der Waals surface area contributed by atoms with Gasteiger partial charge in [0.1, 0.15) is 35.7 Å². The Morgan fingerprint density at radius 3 is 1.52 bits per heavy atom. The Labute approximate surface area is 505 Å². The van der Waals surface area contributed by atoms with E-state index in [-0.39, 0.29) is 94.6 Å². The van der Waals surface area contributed by atoms with Gasteiger partial charge in [0.25, 0.3) is 20.0 Å². The zero-order valence-electron chi connectivity index (χ0n) is 49.5. The molecule has 4 atom stereocenters. The lowest BCUT2D eigenvalue weighted by atomic mass is 9.84. The normalized spacial score (nSPS) is 17.2. The van der Waals surface area contributed by atoms with Crippen LogP contribution in [-0.4, -0.2) is 129 Å². The fourth-order valence-electron chi connectivity index (χ4n) is 10.1. The molecule has 2 aliphatic heterocycles. The third-order valence-electron chi connectivity index (χ3n) is 15.2. The highest BCUT2D eigenvalue weighted by Gasteiger charge is 2.38. The van der Waals surface area contributed by atoms with Crippen molar-refractivity contribution in [3.63, 3.8) is 0 Å². The van der Waals surface area contributed by atoms with Crippen molar-refractivity contribution in [2.45, 2.75) is 89.9 Å². The lowest BCUT2D eigenvalue weighted by molar-refractivity contribution is -0.125. The van der Waals surface area contributed by atoms with Crippen molar-refractivity contribution in [3.05, 3.63) is 168 Å². The monoisotopic (exact) mass is 1220 g/mol. The van der Waals surface area contributed by atoms with E-state index in [1.54, 1.807) is 68.1 Å². The third kappa shape index (κ3) is 15.2. The fourth-order valence-corrected chi connectivity index (χ4v) is 12.7. The highest BCUT2D eigenvalue weighted by atomic mass is 32.2. The number of piperidine rings is 2. The number of Topliss-reactive ketones (excluding diaryl/α,β-unsaturated/α-hetero) is 2. The summed E-state index contributed by atoms with van der Waals surface area (Å²) >= 11 is 0. The zero-order chi connectivity index (χ0) is 62.2. The number of aryl methyl sites for hydroxylation is 2. The van der Waals surface area contributed by atoms with Crippen LogP contribution in [0.3, 0.4) is 0 Å². The number of fused-ring (bicyclic) bond motifs is 2. The summed E-state index contributed by atoms with van der Waals surface area (Å²) in [6, 6.07) is 34.9. The molecule has 456 valence electrons. The van der Waals surface area contributed by atoms with Crippen molar-refractivity contribution >= 4 is 83.9 Å². The SMILES string of the molecule is Cc1ccc(S(=O)(=O)n2ccc3nc(N(CC(=O)C4CN(C(=O)OCc5ccccc5)CCC4C)C(=O)OC(C)(C)C)cnc32)cc1.Cc1ccc(S(=O)(=O)n2ccc3nc(NCC(=O)C4CN(C(=O)OCc5ccccc5)CCC4C)cnc32)cc1. The van der Waals surface area contributed by atoms with Crippen molar-refractivity contribution in [2.75, 3.05) is 49.5 Å². The molecule has 0 bridgehead atoms. The van der Waals surface area contributed by atoms with Crippen LogP contribution >= 0.6 is 0 Å². The molecule has 3 amide bonds. The van der Waals surface area contributed by atoms with Crippen molar-refractivity contribution in [1.82, 2.24) is 37.7 Å². The summed E-state index contributed by atoms with van der Waals surface area (Å²) in [6.45, 7) is 14.1. The molecule has 24 heteroatoms. The number of aromatic nitrogens is 6. The van der Waals surface area contributed by atoms with Gasteiger partial charge in [-0.3, -0.25) is 14.5 Å². The average Bonchev–Trinajstić information content (AvgIpc) is 1.83. The minimum Gasteiger partial charge on any atom is -0.445 e. The first-order valence-corrected chi connectivity index (χ1v) is 31.4. The summed E-state index contributed by atoms with van der Waals surface area (Å²) in [5.74, 6) is -0.821. The first-order chi connectivity index (χ1) is 41.4. The number of ether oxygens (including phenoxy) is 3. The van der Waals surface area contributed by atoms with Crippen LogP contribution in [0.1, 0.15) is 69.7 Å². The molecule has 2 saturated heterocycles. The topological polar surface area (TPSA) is 264 Å². The highest BCUT2D eigenvalue weighted by molar-refractivity contribution is 7.90. The van der Waals surface area contributed by atoms with Gasteiger partial charge < -0.3 is 29.3 Å². The molecule has 0 aliphatic carbocycles. The van der Waals surface area contributed by atoms with E-state index in [1.165, 1.54) is 47.9 Å². The maximum Gasteiger partial charge on any atom is 0.416 e. The van der Waals surface area contributed by atoms with Crippen molar-refractivity contribution in [1.29, 1.82) is 0 Å². The molecule has 87 heavy (non-hydrogen) atoms. The minimum absolute atomic E-state index is 0.00443. The quantitative estimate of drug-likeness (QED) is 0.0882. The molecule has 2 aliphatic rings. The number of nitrogens with zero attached hydrogens (tertiary/aromatic N) is 9. The molecular formula is C63H70N10O12S2. The summed E-state index contributed by atoms with van der Waals surface area (Å²) < 4.78 is 71.7. The second-order valence-electron chi connectivity index (χ2n) is 22.8. The number of anilines is 2. The van der Waals surface area contributed by atoms with E-state index in [4.69, 9.17) is 14.2 Å². The lowest BCUT2D eigenvalue weighted by Crippen LogP contribution is -2.49. The van der Waals surface area contributed by atoms with Crippen LogP contribution in [-0.2, 0) is 57.1 Å². The van der Waals surface area contributed by atoms with E-state index in [2.05, 4.69) is 25.3 Å². The molecule has 4 aromatic heterocycles. The van der Waals surface area contributed by atoms with Crippen LogP contribution in [0.5, 0.6) is 0 Å². The van der Waals surface area contributed by atoms with Gasteiger partial charge >= 0.3 is 18.3 Å². The number of hydrogen-bond acceptors (Lipinski definition) is 17. The molecular weight excluding hydrogens is 1150 g/mol. The molecule has 4 aromatic carbocycles. The van der Waals surface area contributed by atoms with E-state index >= 15 is 0 Å². The Morgan fingerprint density at radius 2 is 1.05 bits per heavy atom. The van der Waals surface area contributed by atoms with Gasteiger partial charge in [-0.2, -0.15) is 0 Å². The number of ketones is 2. The van der Waals surface area contributed by atoms with Crippen LogP contribution in [0.25, 0.3) is 22.3 Å². The number of hydrogen-bond donors (Lipinski definition) is 1. The zero-order valence-corrected chi connectivity index (χ0v) is 51.1. The lowest BCUT2D eigenvalue weighted by Gasteiger charge is -2.36. The minimum atomic E-state index is -3.97. The second-order valence-corrected chi connectivity index (χ2v) is 26.5. The third-order valence-corrected chi connectivity index (χ3v) is 18.5. The van der Waals surface area contributed by atoms with E-state index in [0.717, 1.165) is 35.1 Å². The summed E-state index contributed by atoms with van der Waals surface area (Å²) in [6.07, 6.45) is 4.96. The van der Waals surface area contributed by atoms with E-state index in [0.29, 0.717) is 43.8 Å². The predicted octanol–water partition coefficient (Wildman–Crippen LogP) is 9.83. The molecule has 2 fully saturated rings. The predicted molar refractivity (Wildman–Crippen MR) is 326 cm³/mol. The van der Waals surface area contributed by atoms with Crippen LogP contribution < -0.4 is 10.2 Å². The molecule has 8 aromatic rings. The van der Waals surface area contributed by atoms with Crippen molar-refractivity contribution < 1.29 is 55.0 Å². The molecule has 6 heterocycles. The smallest absolute Gasteiger partial charge is 0.416 e. The Balaban J connectivity index is 0.000000210. The molecule has 1 N–H and O–H groups in total. The first-order valence-electron chi connectivity index (χ1n) is 28.5.